The molecule has 0 bridgehead atoms. The van der Waals surface area contributed by atoms with E-state index in [4.69, 9.17) is 16.7 Å². The third-order valence-electron chi connectivity index (χ3n) is 3.50. The Hall–Kier alpha value is 0.250. The van der Waals surface area contributed by atoms with Gasteiger partial charge in [-0.2, -0.15) is 0 Å². The number of alkyl halides is 1. The predicted octanol–water partition coefficient (Wildman–Crippen LogP) is 4.12. The molecular weight excluding hydrogens is 208 g/mol. The highest BCUT2D eigenvalue weighted by molar-refractivity contribution is 6.20. The van der Waals surface area contributed by atoms with E-state index in [9.17, 15) is 0 Å². The molecule has 15 heavy (non-hydrogen) atoms. The average Bonchev–Trinajstić information content (AvgIpc) is 2.63. The van der Waals surface area contributed by atoms with E-state index in [1.165, 1.54) is 57.8 Å². The minimum Gasteiger partial charge on any atom is -0.396 e. The highest BCUT2D eigenvalue weighted by Gasteiger charge is 2.21. The van der Waals surface area contributed by atoms with E-state index >= 15 is 0 Å². The Balaban J connectivity index is 1.81. The highest BCUT2D eigenvalue weighted by atomic mass is 35.5. The van der Waals surface area contributed by atoms with Gasteiger partial charge in [0.1, 0.15) is 0 Å². The van der Waals surface area contributed by atoms with Crippen LogP contribution in [-0.2, 0) is 0 Å². The summed E-state index contributed by atoms with van der Waals surface area (Å²) in [6.07, 6.45) is 12.8. The molecule has 0 radical (unpaired) electrons. The Kier molecular flexibility index (Phi) is 7.46. The Morgan fingerprint density at radius 3 is 2.20 bits per heavy atom. The Morgan fingerprint density at radius 2 is 1.60 bits per heavy atom. The largest absolute Gasteiger partial charge is 0.396 e. The summed E-state index contributed by atoms with van der Waals surface area (Å²) in [5, 5.41) is 9.10. The van der Waals surface area contributed by atoms with E-state index < -0.39 is 0 Å². The zero-order valence-electron chi connectivity index (χ0n) is 9.76. The van der Waals surface area contributed by atoms with Crippen molar-refractivity contribution in [1.29, 1.82) is 0 Å². The third-order valence-corrected chi connectivity index (χ3v) is 3.89. The lowest BCUT2D eigenvalue weighted by molar-refractivity contribution is 0.282. The van der Waals surface area contributed by atoms with Crippen LogP contribution in [-0.4, -0.2) is 17.1 Å². The number of hydrogen-bond donors (Lipinski definition) is 1. The van der Waals surface area contributed by atoms with Crippen molar-refractivity contribution in [2.75, 3.05) is 6.61 Å². The van der Waals surface area contributed by atoms with E-state index in [2.05, 4.69) is 0 Å². The van der Waals surface area contributed by atoms with E-state index in [0.29, 0.717) is 12.0 Å². The molecule has 0 spiro atoms. The second-order valence-corrected chi connectivity index (χ2v) is 5.53. The number of rotatable bonds is 8. The fraction of sp³-hybridized carbons (Fsp3) is 1.00. The topological polar surface area (TPSA) is 20.2 Å². The summed E-state index contributed by atoms with van der Waals surface area (Å²) >= 11 is 6.08. The van der Waals surface area contributed by atoms with Gasteiger partial charge in [-0.1, -0.05) is 38.5 Å². The van der Waals surface area contributed by atoms with Crippen LogP contribution < -0.4 is 0 Å². The molecule has 0 amide bonds. The monoisotopic (exact) mass is 232 g/mol. The first-order valence-corrected chi connectivity index (χ1v) is 7.01. The minimum atomic E-state index is 0.360. The van der Waals surface area contributed by atoms with E-state index in [-0.39, 0.29) is 0 Å². The standard InChI is InChI=1S/C13H25ClO/c14-13-9-8-12(11-13)7-5-3-1-2-4-6-10-15/h12-13,15H,1-11H2/t12-,13+/m0/s1. The van der Waals surface area contributed by atoms with Gasteiger partial charge in [-0.15, -0.1) is 11.6 Å². The summed E-state index contributed by atoms with van der Waals surface area (Å²) < 4.78 is 0. The van der Waals surface area contributed by atoms with Crippen molar-refractivity contribution in [3.05, 3.63) is 0 Å². The molecule has 1 aliphatic carbocycles. The van der Waals surface area contributed by atoms with Crippen molar-refractivity contribution in [2.45, 2.75) is 69.6 Å². The molecule has 0 aromatic heterocycles. The van der Waals surface area contributed by atoms with Crippen LogP contribution >= 0.6 is 11.6 Å². The molecule has 2 atom stereocenters. The van der Waals surface area contributed by atoms with Crippen LogP contribution in [0.3, 0.4) is 0 Å². The van der Waals surface area contributed by atoms with Crippen molar-refractivity contribution in [3.63, 3.8) is 0 Å². The zero-order valence-corrected chi connectivity index (χ0v) is 10.5. The zero-order chi connectivity index (χ0) is 10.9. The van der Waals surface area contributed by atoms with E-state index in [1.807, 2.05) is 0 Å². The number of hydrogen-bond acceptors (Lipinski definition) is 1. The quantitative estimate of drug-likeness (QED) is 0.493. The Labute approximate surface area is 99.2 Å². The van der Waals surface area contributed by atoms with Crippen molar-refractivity contribution in [2.24, 2.45) is 5.92 Å². The summed E-state index contributed by atoms with van der Waals surface area (Å²) in [7, 11) is 0. The average molecular weight is 233 g/mol. The smallest absolute Gasteiger partial charge is 0.0431 e. The maximum absolute atomic E-state index is 8.62. The minimum absolute atomic E-state index is 0.360. The number of aliphatic hydroxyl groups is 1. The molecule has 2 heteroatoms. The number of aliphatic hydroxyl groups excluding tert-OH is 1. The SMILES string of the molecule is OCCCCCCCC[C@H]1CC[C@@H](Cl)C1. The molecule has 1 N–H and O–H groups in total. The lowest BCUT2D eigenvalue weighted by Crippen LogP contribution is -1.95. The Bertz CT molecular complexity index is 149. The summed E-state index contributed by atoms with van der Waals surface area (Å²) in [4.78, 5) is 0. The molecule has 90 valence electrons. The van der Waals surface area contributed by atoms with Crippen LogP contribution in [0.5, 0.6) is 0 Å². The second-order valence-electron chi connectivity index (χ2n) is 4.91. The van der Waals surface area contributed by atoms with Gasteiger partial charge in [-0.25, -0.2) is 0 Å². The van der Waals surface area contributed by atoms with Gasteiger partial charge in [0.15, 0.2) is 0 Å². The van der Waals surface area contributed by atoms with Crippen LogP contribution in [0.15, 0.2) is 0 Å². The second kappa shape index (κ2) is 8.41. The summed E-state index contributed by atoms with van der Waals surface area (Å²) in [6.45, 7) is 0.360. The van der Waals surface area contributed by atoms with Gasteiger partial charge in [0.2, 0.25) is 0 Å². The van der Waals surface area contributed by atoms with Crippen molar-refractivity contribution in [1.82, 2.24) is 0 Å². The van der Waals surface area contributed by atoms with Crippen LogP contribution in [0.2, 0.25) is 0 Å². The van der Waals surface area contributed by atoms with Crippen molar-refractivity contribution < 1.29 is 5.11 Å². The molecule has 0 aromatic carbocycles. The molecule has 1 fully saturated rings. The lowest BCUT2D eigenvalue weighted by atomic mass is 9.99. The van der Waals surface area contributed by atoms with Gasteiger partial charge in [0.25, 0.3) is 0 Å². The van der Waals surface area contributed by atoms with Crippen LogP contribution in [0.25, 0.3) is 0 Å². The van der Waals surface area contributed by atoms with Crippen molar-refractivity contribution >= 4 is 11.6 Å². The van der Waals surface area contributed by atoms with Crippen LogP contribution in [0, 0.1) is 5.92 Å². The Morgan fingerprint density at radius 1 is 0.933 bits per heavy atom. The molecule has 1 aliphatic rings. The van der Waals surface area contributed by atoms with Gasteiger partial charge >= 0.3 is 0 Å². The maximum Gasteiger partial charge on any atom is 0.0431 e. The fourth-order valence-electron chi connectivity index (χ4n) is 2.53. The first kappa shape index (κ1) is 13.3. The predicted molar refractivity (Wildman–Crippen MR) is 66.4 cm³/mol. The van der Waals surface area contributed by atoms with Gasteiger partial charge < -0.3 is 5.11 Å². The van der Waals surface area contributed by atoms with Crippen molar-refractivity contribution in [3.8, 4) is 0 Å². The first-order chi connectivity index (χ1) is 7.33. The molecule has 1 rings (SSSR count). The molecule has 0 aromatic rings. The van der Waals surface area contributed by atoms with E-state index in [1.54, 1.807) is 0 Å². The lowest BCUT2D eigenvalue weighted by Gasteiger charge is -2.08. The number of unbranched alkanes of at least 4 members (excludes halogenated alkanes) is 5. The normalized spacial score (nSPS) is 26.0. The van der Waals surface area contributed by atoms with Crippen LogP contribution in [0.4, 0.5) is 0 Å². The molecule has 0 aliphatic heterocycles. The summed E-state index contributed by atoms with van der Waals surface area (Å²) in [5.74, 6) is 0.921. The summed E-state index contributed by atoms with van der Waals surface area (Å²) in [5.41, 5.74) is 0. The molecule has 0 unspecified atom stereocenters. The van der Waals surface area contributed by atoms with Gasteiger partial charge in [-0.05, 0) is 31.6 Å². The number of halogens is 1. The highest BCUT2D eigenvalue weighted by Crippen LogP contribution is 2.32. The van der Waals surface area contributed by atoms with Gasteiger partial charge in [0.05, 0.1) is 0 Å². The van der Waals surface area contributed by atoms with Gasteiger partial charge in [-0.3, -0.25) is 0 Å². The van der Waals surface area contributed by atoms with E-state index in [0.717, 1.165) is 12.3 Å². The molecule has 0 heterocycles. The summed E-state index contributed by atoms with van der Waals surface area (Å²) in [6, 6.07) is 0. The third kappa shape index (κ3) is 6.42. The molecule has 1 saturated carbocycles. The fourth-order valence-corrected chi connectivity index (χ4v) is 2.91. The van der Waals surface area contributed by atoms with Crippen LogP contribution in [0.1, 0.15) is 64.2 Å². The molecular formula is C13H25ClO. The maximum atomic E-state index is 8.62. The van der Waals surface area contributed by atoms with Gasteiger partial charge in [0, 0.05) is 12.0 Å². The first-order valence-electron chi connectivity index (χ1n) is 6.58. The molecule has 0 saturated heterocycles. The molecule has 1 nitrogen and oxygen atoms in total.